The molecule has 2 saturated heterocycles. The number of piperazine rings is 1. The van der Waals surface area contributed by atoms with Crippen molar-refractivity contribution in [1.29, 1.82) is 0 Å². The van der Waals surface area contributed by atoms with Crippen molar-refractivity contribution in [2.45, 2.75) is 12.7 Å². The van der Waals surface area contributed by atoms with Gasteiger partial charge < -0.3 is 5.32 Å². The zero-order valence-corrected chi connectivity index (χ0v) is 19.8. The van der Waals surface area contributed by atoms with Gasteiger partial charge in [-0.15, -0.1) is 0 Å². The Balaban J connectivity index is 1.40. The van der Waals surface area contributed by atoms with E-state index < -0.39 is 11.7 Å². The lowest BCUT2D eigenvalue weighted by Gasteiger charge is -2.32. The first-order valence-electron chi connectivity index (χ1n) is 10.8. The van der Waals surface area contributed by atoms with Crippen molar-refractivity contribution in [3.8, 4) is 0 Å². The fraction of sp³-hybridized carbons (Fsp3) is 0.261. The van der Waals surface area contributed by atoms with Gasteiger partial charge in [0.2, 0.25) is 0 Å². The predicted octanol–water partition coefficient (Wildman–Crippen LogP) is 4.61. The zero-order chi connectivity index (χ0) is 24.7. The summed E-state index contributed by atoms with van der Waals surface area (Å²) in [6, 6.07) is 8.94. The van der Waals surface area contributed by atoms with E-state index in [4.69, 9.17) is 11.6 Å². The lowest BCUT2D eigenvalue weighted by atomic mass is 10.1. The van der Waals surface area contributed by atoms with E-state index in [2.05, 4.69) is 10.4 Å². The molecule has 12 heteroatoms. The van der Waals surface area contributed by atoms with Crippen LogP contribution in [0.3, 0.4) is 0 Å². The van der Waals surface area contributed by atoms with Crippen molar-refractivity contribution in [2.24, 2.45) is 0 Å². The number of halogens is 4. The van der Waals surface area contributed by atoms with E-state index in [0.717, 1.165) is 17.8 Å². The number of rotatable bonds is 4. The normalized spacial score (nSPS) is 18.9. The molecule has 0 spiro atoms. The maximum atomic E-state index is 13.5. The molecule has 2 amide bonds. The van der Waals surface area contributed by atoms with Gasteiger partial charge in [0.15, 0.2) is 0 Å². The molecule has 0 saturated carbocycles. The third kappa shape index (κ3) is 4.81. The Hall–Kier alpha value is -2.86. The minimum atomic E-state index is -4.54. The van der Waals surface area contributed by atoms with Gasteiger partial charge in [-0.05, 0) is 53.2 Å². The van der Waals surface area contributed by atoms with Crippen molar-refractivity contribution < 1.29 is 22.8 Å². The Morgan fingerprint density at radius 3 is 2.63 bits per heavy atom. The van der Waals surface area contributed by atoms with Crippen molar-refractivity contribution >= 4 is 51.5 Å². The van der Waals surface area contributed by atoms with Gasteiger partial charge in [0, 0.05) is 36.6 Å². The second kappa shape index (κ2) is 9.30. The molecular formula is C23H19ClF3N5O2S. The van der Waals surface area contributed by atoms with Crippen LogP contribution in [0.2, 0.25) is 5.02 Å². The molecule has 3 heterocycles. The van der Waals surface area contributed by atoms with Crippen LogP contribution in [-0.4, -0.2) is 57.1 Å². The van der Waals surface area contributed by atoms with E-state index >= 15 is 0 Å². The molecule has 182 valence electrons. The first-order chi connectivity index (χ1) is 16.7. The molecule has 1 N–H and O–H groups in total. The topological polar surface area (TPSA) is 70.5 Å². The fourth-order valence-corrected chi connectivity index (χ4v) is 5.15. The number of hydrazine groups is 1. The second-order valence-corrected chi connectivity index (χ2v) is 9.55. The summed E-state index contributed by atoms with van der Waals surface area (Å²) in [5.74, 6) is -0.361. The number of aromatic nitrogens is 2. The number of carbonyl (C=O) groups excluding carboxylic acids is 2. The highest BCUT2D eigenvalue weighted by atomic mass is 35.5. The minimum absolute atomic E-state index is 0.0115. The van der Waals surface area contributed by atoms with Crippen molar-refractivity contribution in [3.63, 3.8) is 0 Å². The Morgan fingerprint density at radius 2 is 1.89 bits per heavy atom. The van der Waals surface area contributed by atoms with E-state index in [-0.39, 0.29) is 28.3 Å². The van der Waals surface area contributed by atoms with Gasteiger partial charge in [-0.25, -0.2) is 5.01 Å². The number of amides is 2. The van der Waals surface area contributed by atoms with Gasteiger partial charge in [0.1, 0.15) is 0 Å². The quantitative estimate of drug-likeness (QED) is 0.506. The number of hydrogen-bond acceptors (Lipinski definition) is 6. The summed E-state index contributed by atoms with van der Waals surface area (Å²) < 4.78 is 41.9. The predicted molar refractivity (Wildman–Crippen MR) is 128 cm³/mol. The number of benzene rings is 2. The van der Waals surface area contributed by atoms with Crippen molar-refractivity contribution in [2.75, 3.05) is 26.2 Å². The van der Waals surface area contributed by atoms with E-state index in [1.165, 1.54) is 21.8 Å². The maximum absolute atomic E-state index is 13.5. The molecule has 0 unspecified atom stereocenters. The van der Waals surface area contributed by atoms with Crippen LogP contribution in [0.4, 0.5) is 18.0 Å². The number of hydrogen-bond donors (Lipinski definition) is 1. The molecule has 3 aromatic rings. The van der Waals surface area contributed by atoms with Gasteiger partial charge in [0.05, 0.1) is 28.7 Å². The first-order valence-corrected chi connectivity index (χ1v) is 11.9. The highest BCUT2D eigenvalue weighted by Gasteiger charge is 2.39. The number of nitrogens with one attached hydrogen (secondary N) is 1. The van der Waals surface area contributed by atoms with Crippen LogP contribution in [0.1, 0.15) is 16.7 Å². The molecule has 2 aliphatic heterocycles. The monoisotopic (exact) mass is 521 g/mol. The van der Waals surface area contributed by atoms with Crippen molar-refractivity contribution in [3.05, 3.63) is 69.2 Å². The third-order valence-corrected chi connectivity index (χ3v) is 6.91. The van der Waals surface area contributed by atoms with Gasteiger partial charge >= 0.3 is 11.4 Å². The second-order valence-electron chi connectivity index (χ2n) is 8.12. The van der Waals surface area contributed by atoms with Crippen LogP contribution >= 0.6 is 23.4 Å². The number of alkyl halides is 3. The largest absolute Gasteiger partial charge is 0.416 e. The Morgan fingerprint density at radius 1 is 1.11 bits per heavy atom. The summed E-state index contributed by atoms with van der Waals surface area (Å²) in [4.78, 5) is 25.6. The molecule has 2 aliphatic rings. The molecule has 1 aromatic heterocycles. The van der Waals surface area contributed by atoms with Crippen LogP contribution in [0, 0.1) is 0 Å². The maximum Gasteiger partial charge on any atom is 0.416 e. The molecule has 2 fully saturated rings. The van der Waals surface area contributed by atoms with Crippen LogP contribution < -0.4 is 5.32 Å². The van der Waals surface area contributed by atoms with E-state index in [9.17, 15) is 22.8 Å². The minimum Gasteiger partial charge on any atom is -0.314 e. The summed E-state index contributed by atoms with van der Waals surface area (Å²) in [6.07, 6.45) is -1.34. The Kier molecular flexibility index (Phi) is 6.34. The molecule has 0 atom stereocenters. The standard InChI is InChI=1S/C23H19ClF3N5O2S/c24-17-3-2-15(18(11-17)23(25,26)27)13-31-19-4-1-14(9-16(19)12-29-31)10-20-21(33)32(22(34)35-20)30-7-5-28-6-8-30/h1-4,9-12,28H,5-8,13H2. The Labute approximate surface area is 207 Å². The summed E-state index contributed by atoms with van der Waals surface area (Å²) in [5, 5.41) is 10.8. The number of fused-ring (bicyclic) bond motifs is 1. The van der Waals surface area contributed by atoms with Crippen LogP contribution in [0.25, 0.3) is 17.0 Å². The summed E-state index contributed by atoms with van der Waals surface area (Å²) in [7, 11) is 0. The lowest BCUT2D eigenvalue weighted by molar-refractivity contribution is -0.138. The highest BCUT2D eigenvalue weighted by molar-refractivity contribution is 8.18. The number of nitrogens with zero attached hydrogens (tertiary/aromatic N) is 4. The van der Waals surface area contributed by atoms with E-state index in [0.29, 0.717) is 47.6 Å². The van der Waals surface area contributed by atoms with Crippen LogP contribution in [0.15, 0.2) is 47.5 Å². The average Bonchev–Trinajstić information content (AvgIpc) is 3.34. The zero-order valence-electron chi connectivity index (χ0n) is 18.2. The highest BCUT2D eigenvalue weighted by Crippen LogP contribution is 2.35. The van der Waals surface area contributed by atoms with Crippen molar-refractivity contribution in [1.82, 2.24) is 25.1 Å². The molecular weight excluding hydrogens is 503 g/mol. The molecule has 2 aromatic carbocycles. The fourth-order valence-electron chi connectivity index (χ4n) is 4.14. The van der Waals surface area contributed by atoms with E-state index in [1.54, 1.807) is 35.5 Å². The average molecular weight is 522 g/mol. The van der Waals surface area contributed by atoms with Gasteiger partial charge in [0.25, 0.3) is 5.91 Å². The molecule has 0 bridgehead atoms. The molecule has 0 radical (unpaired) electrons. The lowest BCUT2D eigenvalue weighted by Crippen LogP contribution is -2.53. The summed E-state index contributed by atoms with van der Waals surface area (Å²) in [6.45, 7) is 2.45. The van der Waals surface area contributed by atoms with Gasteiger partial charge in [-0.1, -0.05) is 23.7 Å². The summed E-state index contributed by atoms with van der Waals surface area (Å²) >= 11 is 6.66. The smallest absolute Gasteiger partial charge is 0.314 e. The number of carbonyl (C=O) groups is 2. The first kappa shape index (κ1) is 23.9. The molecule has 35 heavy (non-hydrogen) atoms. The summed E-state index contributed by atoms with van der Waals surface area (Å²) in [5.41, 5.74) is 0.576. The SMILES string of the molecule is O=C1SC(=Cc2ccc3c(cnn3Cc3ccc(Cl)cc3C(F)(F)F)c2)C(=O)N1N1CCNCC1. The molecule has 0 aliphatic carbocycles. The molecule has 5 rings (SSSR count). The third-order valence-electron chi connectivity index (χ3n) is 5.81. The molecule has 7 nitrogen and oxygen atoms in total. The number of thioether (sulfide) groups is 1. The van der Waals surface area contributed by atoms with Gasteiger partial charge in [-0.3, -0.25) is 14.3 Å². The van der Waals surface area contributed by atoms with Crippen LogP contribution in [-0.2, 0) is 17.5 Å². The number of imide groups is 1. The van der Waals surface area contributed by atoms with Gasteiger partial charge in [-0.2, -0.15) is 23.3 Å². The van der Waals surface area contributed by atoms with E-state index in [1.807, 2.05) is 0 Å². The van der Waals surface area contributed by atoms with Crippen LogP contribution in [0.5, 0.6) is 0 Å². The Bertz CT molecular complexity index is 1350.